The van der Waals surface area contributed by atoms with Crippen LogP contribution in [0.5, 0.6) is 0 Å². The number of carbonyl (C=O) groups excluding carboxylic acids is 2. The Hall–Kier alpha value is -1.91. The van der Waals surface area contributed by atoms with Gasteiger partial charge in [0, 0.05) is 12.0 Å². The Morgan fingerprint density at radius 1 is 1.41 bits per heavy atom. The number of rotatable bonds is 5. The third-order valence-electron chi connectivity index (χ3n) is 2.28. The number of carbonyl (C=O) groups is 2. The molecule has 0 aliphatic heterocycles. The molecule has 0 bridgehead atoms. The van der Waals surface area contributed by atoms with E-state index in [9.17, 15) is 14.0 Å². The summed E-state index contributed by atoms with van der Waals surface area (Å²) < 4.78 is 17.3. The maximum Gasteiger partial charge on any atom is 0.404 e. The van der Waals surface area contributed by atoms with Crippen LogP contribution in [-0.2, 0) is 4.74 Å². The molecule has 0 unspecified atom stereocenters. The van der Waals surface area contributed by atoms with E-state index in [0.717, 1.165) is 0 Å². The van der Waals surface area contributed by atoms with E-state index in [1.165, 1.54) is 18.2 Å². The zero-order valence-electron chi connectivity index (χ0n) is 9.53. The van der Waals surface area contributed by atoms with Gasteiger partial charge in [-0.15, -0.1) is 0 Å². The van der Waals surface area contributed by atoms with Gasteiger partial charge in [0.1, 0.15) is 5.82 Å². The first-order valence-electron chi connectivity index (χ1n) is 5.22. The average Bonchev–Trinajstić information content (AvgIpc) is 2.23. The normalized spacial score (nSPS) is 10.0. The molecule has 1 aromatic carbocycles. The van der Waals surface area contributed by atoms with Crippen LogP contribution < -0.4 is 5.73 Å². The van der Waals surface area contributed by atoms with E-state index in [1.54, 1.807) is 6.92 Å². The topological polar surface area (TPSA) is 69.4 Å². The lowest BCUT2D eigenvalue weighted by atomic mass is 10.0. The van der Waals surface area contributed by atoms with Gasteiger partial charge in [-0.05, 0) is 37.1 Å². The second kappa shape index (κ2) is 5.98. The smallest absolute Gasteiger partial charge is 0.404 e. The van der Waals surface area contributed by atoms with Crippen LogP contribution in [0.3, 0.4) is 0 Å². The highest BCUT2D eigenvalue weighted by Crippen LogP contribution is 2.13. The second-order valence-corrected chi connectivity index (χ2v) is 3.65. The van der Waals surface area contributed by atoms with Gasteiger partial charge in [0.05, 0.1) is 6.61 Å². The van der Waals surface area contributed by atoms with Crippen molar-refractivity contribution in [2.24, 2.45) is 5.73 Å². The van der Waals surface area contributed by atoms with E-state index >= 15 is 0 Å². The van der Waals surface area contributed by atoms with Crippen molar-refractivity contribution in [3.05, 3.63) is 35.1 Å². The van der Waals surface area contributed by atoms with Crippen molar-refractivity contribution >= 4 is 11.9 Å². The minimum atomic E-state index is -0.851. The first-order valence-corrected chi connectivity index (χ1v) is 5.22. The molecule has 2 N–H and O–H groups in total. The molecule has 0 spiro atoms. The van der Waals surface area contributed by atoms with Crippen LogP contribution in [-0.4, -0.2) is 18.5 Å². The standard InChI is InChI=1S/C12H14FNO3/c1-8-7-9(13)4-5-10(8)11(15)3-2-6-17-12(14)16/h4-5,7H,2-3,6H2,1H3,(H2,14,16). The molecule has 17 heavy (non-hydrogen) atoms. The molecule has 1 aromatic rings. The van der Waals surface area contributed by atoms with Gasteiger partial charge in [-0.25, -0.2) is 9.18 Å². The van der Waals surface area contributed by atoms with Crippen molar-refractivity contribution < 1.29 is 18.7 Å². The molecule has 0 saturated carbocycles. The number of benzene rings is 1. The van der Waals surface area contributed by atoms with Gasteiger partial charge in [-0.2, -0.15) is 0 Å². The number of ketones is 1. The fraction of sp³-hybridized carbons (Fsp3) is 0.333. The molecule has 0 fully saturated rings. The molecule has 0 atom stereocenters. The summed E-state index contributed by atoms with van der Waals surface area (Å²) >= 11 is 0. The summed E-state index contributed by atoms with van der Waals surface area (Å²) in [4.78, 5) is 22.0. The van der Waals surface area contributed by atoms with E-state index in [4.69, 9.17) is 5.73 Å². The summed E-state index contributed by atoms with van der Waals surface area (Å²) in [6, 6.07) is 4.02. The van der Waals surface area contributed by atoms with Gasteiger partial charge >= 0.3 is 6.09 Å². The Balaban J connectivity index is 2.50. The number of aryl methyl sites for hydroxylation is 1. The van der Waals surface area contributed by atoms with Gasteiger partial charge in [0.25, 0.3) is 0 Å². The van der Waals surface area contributed by atoms with E-state index in [0.29, 0.717) is 17.5 Å². The summed E-state index contributed by atoms with van der Waals surface area (Å²) in [5.74, 6) is -0.466. The highest BCUT2D eigenvalue weighted by atomic mass is 19.1. The van der Waals surface area contributed by atoms with Crippen molar-refractivity contribution in [3.63, 3.8) is 0 Å². The Morgan fingerprint density at radius 3 is 2.71 bits per heavy atom. The molecule has 5 heteroatoms. The molecule has 0 heterocycles. The van der Waals surface area contributed by atoms with Crippen molar-refractivity contribution in [1.82, 2.24) is 0 Å². The summed E-state index contributed by atoms with van der Waals surface area (Å²) in [5.41, 5.74) is 5.87. The van der Waals surface area contributed by atoms with Crippen LogP contribution >= 0.6 is 0 Å². The van der Waals surface area contributed by atoms with Crippen molar-refractivity contribution in [3.8, 4) is 0 Å². The highest BCUT2D eigenvalue weighted by Gasteiger charge is 2.09. The zero-order valence-corrected chi connectivity index (χ0v) is 9.53. The lowest BCUT2D eigenvalue weighted by Gasteiger charge is -2.05. The number of ether oxygens (including phenoxy) is 1. The number of amides is 1. The number of halogens is 1. The van der Waals surface area contributed by atoms with Gasteiger partial charge in [0.15, 0.2) is 5.78 Å². The third kappa shape index (κ3) is 4.22. The number of hydrogen-bond donors (Lipinski definition) is 1. The largest absolute Gasteiger partial charge is 0.450 e. The van der Waals surface area contributed by atoms with Crippen LogP contribution in [0.15, 0.2) is 18.2 Å². The van der Waals surface area contributed by atoms with E-state index in [-0.39, 0.29) is 24.6 Å². The van der Waals surface area contributed by atoms with Gasteiger partial charge < -0.3 is 10.5 Å². The first-order chi connectivity index (χ1) is 8.00. The van der Waals surface area contributed by atoms with E-state index in [1.807, 2.05) is 0 Å². The Labute approximate surface area is 98.6 Å². The molecule has 4 nitrogen and oxygen atoms in total. The van der Waals surface area contributed by atoms with Gasteiger partial charge in [-0.1, -0.05) is 0 Å². The lowest BCUT2D eigenvalue weighted by molar-refractivity contribution is 0.0962. The third-order valence-corrected chi connectivity index (χ3v) is 2.28. The summed E-state index contributed by atoms with van der Waals surface area (Å²) in [6.07, 6.45) is -0.214. The molecular weight excluding hydrogens is 225 g/mol. The summed E-state index contributed by atoms with van der Waals surface area (Å²) in [7, 11) is 0. The molecule has 0 aliphatic rings. The molecule has 1 rings (SSSR count). The van der Waals surface area contributed by atoms with E-state index in [2.05, 4.69) is 4.74 Å². The second-order valence-electron chi connectivity index (χ2n) is 3.65. The Bertz CT molecular complexity index is 432. The highest BCUT2D eigenvalue weighted by molar-refractivity contribution is 5.97. The molecular formula is C12H14FNO3. The minimum Gasteiger partial charge on any atom is -0.450 e. The Kier molecular flexibility index (Phi) is 4.63. The average molecular weight is 239 g/mol. The van der Waals surface area contributed by atoms with Crippen molar-refractivity contribution in [2.45, 2.75) is 19.8 Å². The van der Waals surface area contributed by atoms with Crippen LogP contribution in [0.25, 0.3) is 0 Å². The predicted molar refractivity (Wildman–Crippen MR) is 60.2 cm³/mol. The van der Waals surface area contributed by atoms with E-state index < -0.39 is 6.09 Å². The predicted octanol–water partition coefficient (Wildman–Crippen LogP) is 2.19. The minimum absolute atomic E-state index is 0.101. The van der Waals surface area contributed by atoms with Crippen LogP contribution in [0.2, 0.25) is 0 Å². The molecule has 0 aromatic heterocycles. The number of Topliss-reactive ketones (excluding diaryl/α,β-unsaturated/α-hetero) is 1. The van der Waals surface area contributed by atoms with Crippen molar-refractivity contribution in [2.75, 3.05) is 6.61 Å². The van der Waals surface area contributed by atoms with Crippen LogP contribution in [0, 0.1) is 12.7 Å². The molecule has 0 aliphatic carbocycles. The van der Waals surface area contributed by atoms with Crippen molar-refractivity contribution in [1.29, 1.82) is 0 Å². The maximum atomic E-state index is 12.8. The number of primary amides is 1. The maximum absolute atomic E-state index is 12.8. The van der Waals surface area contributed by atoms with Gasteiger partial charge in [-0.3, -0.25) is 4.79 Å². The van der Waals surface area contributed by atoms with Crippen LogP contribution in [0.1, 0.15) is 28.8 Å². The number of hydrogen-bond acceptors (Lipinski definition) is 3. The number of nitrogens with two attached hydrogens (primary N) is 1. The van der Waals surface area contributed by atoms with Gasteiger partial charge in [0.2, 0.25) is 0 Å². The monoisotopic (exact) mass is 239 g/mol. The molecule has 1 amide bonds. The molecule has 0 saturated heterocycles. The summed E-state index contributed by atoms with van der Waals surface area (Å²) in [5, 5.41) is 0. The quantitative estimate of drug-likeness (QED) is 0.632. The fourth-order valence-corrected chi connectivity index (χ4v) is 1.48. The molecule has 0 radical (unpaired) electrons. The summed E-state index contributed by atoms with van der Waals surface area (Å²) in [6.45, 7) is 1.79. The lowest BCUT2D eigenvalue weighted by Crippen LogP contribution is -2.14. The SMILES string of the molecule is Cc1cc(F)ccc1C(=O)CCCOC(N)=O. The Morgan fingerprint density at radius 2 is 2.12 bits per heavy atom. The molecule has 92 valence electrons. The zero-order chi connectivity index (χ0) is 12.8. The first kappa shape index (κ1) is 13.2. The van der Waals surface area contributed by atoms with Crippen LogP contribution in [0.4, 0.5) is 9.18 Å². The fourth-order valence-electron chi connectivity index (χ4n) is 1.48.